The summed E-state index contributed by atoms with van der Waals surface area (Å²) in [5.41, 5.74) is 4.43. The van der Waals surface area contributed by atoms with Gasteiger partial charge in [0.1, 0.15) is 12.4 Å². The molecule has 0 saturated carbocycles. The van der Waals surface area contributed by atoms with Crippen molar-refractivity contribution in [3.8, 4) is 5.75 Å². The number of ether oxygens (including phenoxy) is 2. The molecule has 2 aliphatic heterocycles. The molecule has 2 aromatic carbocycles. The number of carbonyl (C=O) groups excluding carboxylic acids is 2. The molecule has 1 fully saturated rings. The van der Waals surface area contributed by atoms with E-state index in [0.717, 1.165) is 16.7 Å². The molecular formula is C24H28N2O5. The monoisotopic (exact) mass is 424 g/mol. The maximum Gasteiger partial charge on any atom is 0.274 e. The van der Waals surface area contributed by atoms with Gasteiger partial charge >= 0.3 is 0 Å². The molecule has 2 aromatic rings. The molecule has 7 heteroatoms. The number of nitrogens with one attached hydrogen (secondary N) is 1. The van der Waals surface area contributed by atoms with Crippen LogP contribution in [-0.4, -0.2) is 41.7 Å². The van der Waals surface area contributed by atoms with Gasteiger partial charge in [-0.2, -0.15) is 0 Å². The molecule has 0 radical (unpaired) electrons. The van der Waals surface area contributed by atoms with Gasteiger partial charge in [0.25, 0.3) is 5.91 Å². The zero-order chi connectivity index (χ0) is 22.0. The Morgan fingerprint density at radius 3 is 2.61 bits per heavy atom. The van der Waals surface area contributed by atoms with Gasteiger partial charge in [0.15, 0.2) is 0 Å². The second-order valence-electron chi connectivity index (χ2n) is 8.55. The van der Waals surface area contributed by atoms with Crippen LogP contribution in [0.5, 0.6) is 5.75 Å². The highest BCUT2D eigenvalue weighted by atomic mass is 16.5. The van der Waals surface area contributed by atoms with E-state index >= 15 is 0 Å². The minimum absolute atomic E-state index is 0.0951. The van der Waals surface area contributed by atoms with Crippen molar-refractivity contribution < 1.29 is 24.3 Å². The molecular weight excluding hydrogens is 396 g/mol. The third-order valence-electron chi connectivity index (χ3n) is 6.47. The molecule has 2 aliphatic rings. The van der Waals surface area contributed by atoms with Crippen molar-refractivity contribution in [1.29, 1.82) is 0 Å². The van der Waals surface area contributed by atoms with Gasteiger partial charge < -0.3 is 14.4 Å². The van der Waals surface area contributed by atoms with Crippen LogP contribution in [0.3, 0.4) is 0 Å². The van der Waals surface area contributed by atoms with E-state index in [0.29, 0.717) is 43.9 Å². The Morgan fingerprint density at radius 1 is 1.16 bits per heavy atom. The van der Waals surface area contributed by atoms with Gasteiger partial charge in [0, 0.05) is 24.3 Å². The maximum atomic E-state index is 13.9. The molecule has 1 atom stereocenters. The number of hydrogen-bond acceptors (Lipinski definition) is 5. The van der Waals surface area contributed by atoms with Gasteiger partial charge in [-0.15, -0.1) is 0 Å². The molecule has 0 aromatic heterocycles. The van der Waals surface area contributed by atoms with Crippen molar-refractivity contribution in [1.82, 2.24) is 10.4 Å². The maximum absolute atomic E-state index is 13.9. The standard InChI is InChI=1S/C24H28N2O5/c1-16-5-3-4-6-19(16)20-15-31-21-13-17(22(27)25-29)7-8-18(21)14-26(20)23(28)24(2)9-11-30-12-10-24/h3-8,13,20,29H,9-12,14-15H2,1-2H3,(H,25,27). The lowest BCUT2D eigenvalue weighted by atomic mass is 9.80. The molecule has 2 amide bonds. The van der Waals surface area contributed by atoms with E-state index in [2.05, 4.69) is 0 Å². The number of benzene rings is 2. The third kappa shape index (κ3) is 4.16. The summed E-state index contributed by atoms with van der Waals surface area (Å²) in [5.74, 6) is 0.0403. The van der Waals surface area contributed by atoms with Crippen LogP contribution in [0.15, 0.2) is 42.5 Å². The van der Waals surface area contributed by atoms with Gasteiger partial charge in [-0.1, -0.05) is 37.3 Å². The third-order valence-corrected chi connectivity index (χ3v) is 6.47. The van der Waals surface area contributed by atoms with E-state index in [1.54, 1.807) is 23.7 Å². The first-order chi connectivity index (χ1) is 14.9. The summed E-state index contributed by atoms with van der Waals surface area (Å²) in [6.45, 7) is 5.88. The number of amides is 2. The minimum Gasteiger partial charge on any atom is -0.491 e. The molecule has 1 saturated heterocycles. The first kappa shape index (κ1) is 21.3. The number of hydrogen-bond donors (Lipinski definition) is 2. The summed E-state index contributed by atoms with van der Waals surface area (Å²) >= 11 is 0. The predicted octanol–water partition coefficient (Wildman–Crippen LogP) is 3.39. The summed E-state index contributed by atoms with van der Waals surface area (Å²) < 4.78 is 11.6. The predicted molar refractivity (Wildman–Crippen MR) is 114 cm³/mol. The van der Waals surface area contributed by atoms with Crippen LogP contribution < -0.4 is 10.2 Å². The lowest BCUT2D eigenvalue weighted by molar-refractivity contribution is -0.150. The average Bonchev–Trinajstić information content (AvgIpc) is 2.98. The first-order valence-corrected chi connectivity index (χ1v) is 10.6. The zero-order valence-corrected chi connectivity index (χ0v) is 17.9. The highest BCUT2D eigenvalue weighted by molar-refractivity contribution is 5.94. The van der Waals surface area contributed by atoms with E-state index in [9.17, 15) is 9.59 Å². The highest BCUT2D eigenvalue weighted by Crippen LogP contribution is 2.39. The Morgan fingerprint density at radius 2 is 1.90 bits per heavy atom. The van der Waals surface area contributed by atoms with E-state index < -0.39 is 11.3 Å². The van der Waals surface area contributed by atoms with Crippen molar-refractivity contribution in [2.24, 2.45) is 5.41 Å². The van der Waals surface area contributed by atoms with Crippen molar-refractivity contribution >= 4 is 11.8 Å². The summed E-state index contributed by atoms with van der Waals surface area (Å²) in [6.07, 6.45) is 1.37. The molecule has 7 nitrogen and oxygen atoms in total. The van der Waals surface area contributed by atoms with E-state index in [-0.39, 0.29) is 18.6 Å². The molecule has 0 bridgehead atoms. The Kier molecular flexibility index (Phi) is 5.98. The van der Waals surface area contributed by atoms with Crippen LogP contribution in [0.2, 0.25) is 0 Å². The van der Waals surface area contributed by atoms with E-state index in [1.807, 2.05) is 43.0 Å². The van der Waals surface area contributed by atoms with E-state index in [1.165, 1.54) is 0 Å². The smallest absolute Gasteiger partial charge is 0.274 e. The summed E-state index contributed by atoms with van der Waals surface area (Å²) in [6, 6.07) is 12.8. The molecule has 0 spiro atoms. The Labute approximate surface area is 181 Å². The van der Waals surface area contributed by atoms with Crippen molar-refractivity contribution in [2.45, 2.75) is 39.3 Å². The van der Waals surface area contributed by atoms with Crippen LogP contribution in [0, 0.1) is 12.3 Å². The van der Waals surface area contributed by atoms with Gasteiger partial charge in [0.2, 0.25) is 5.91 Å². The first-order valence-electron chi connectivity index (χ1n) is 10.6. The number of nitrogens with zero attached hydrogens (tertiary/aromatic N) is 1. The molecule has 4 rings (SSSR count). The molecule has 1 unspecified atom stereocenters. The zero-order valence-electron chi connectivity index (χ0n) is 17.9. The SMILES string of the molecule is Cc1ccccc1C1COc2cc(C(=O)NO)ccc2CN1C(=O)C1(C)CCOCC1. The Bertz CT molecular complexity index is 984. The largest absolute Gasteiger partial charge is 0.491 e. The highest BCUT2D eigenvalue weighted by Gasteiger charge is 2.42. The van der Waals surface area contributed by atoms with E-state index in [4.69, 9.17) is 14.7 Å². The van der Waals surface area contributed by atoms with Crippen molar-refractivity contribution in [3.05, 3.63) is 64.7 Å². The number of hydroxylamine groups is 1. The number of carbonyl (C=O) groups is 2. The number of fused-ring (bicyclic) bond motifs is 1. The van der Waals surface area contributed by atoms with Crippen molar-refractivity contribution in [3.63, 3.8) is 0 Å². The quantitative estimate of drug-likeness (QED) is 0.583. The summed E-state index contributed by atoms with van der Waals surface area (Å²) in [5, 5.41) is 8.95. The van der Waals surface area contributed by atoms with Gasteiger partial charge in [-0.3, -0.25) is 14.8 Å². The molecule has 31 heavy (non-hydrogen) atoms. The van der Waals surface area contributed by atoms with Crippen LogP contribution in [-0.2, 0) is 16.1 Å². The Balaban J connectivity index is 1.74. The number of rotatable bonds is 3. The minimum atomic E-state index is -0.603. The van der Waals surface area contributed by atoms with Crippen LogP contribution in [0.1, 0.15) is 52.9 Å². The second-order valence-corrected chi connectivity index (χ2v) is 8.55. The summed E-state index contributed by atoms with van der Waals surface area (Å²) in [7, 11) is 0. The lowest BCUT2D eigenvalue weighted by Gasteiger charge is -2.40. The molecule has 2 N–H and O–H groups in total. The average molecular weight is 424 g/mol. The fourth-order valence-corrected chi connectivity index (χ4v) is 4.39. The lowest BCUT2D eigenvalue weighted by Crippen LogP contribution is -2.47. The van der Waals surface area contributed by atoms with Crippen LogP contribution in [0.4, 0.5) is 0 Å². The van der Waals surface area contributed by atoms with Gasteiger partial charge in [-0.25, -0.2) is 5.48 Å². The molecule has 0 aliphatic carbocycles. The Hall–Kier alpha value is -2.90. The summed E-state index contributed by atoms with van der Waals surface area (Å²) in [4.78, 5) is 27.6. The van der Waals surface area contributed by atoms with Gasteiger partial charge in [0.05, 0.1) is 18.0 Å². The topological polar surface area (TPSA) is 88.1 Å². The normalized spacial score (nSPS) is 20.2. The van der Waals surface area contributed by atoms with Crippen LogP contribution >= 0.6 is 0 Å². The fourth-order valence-electron chi connectivity index (χ4n) is 4.39. The second kappa shape index (κ2) is 8.69. The van der Waals surface area contributed by atoms with Gasteiger partial charge in [-0.05, 0) is 43.0 Å². The molecule has 164 valence electrons. The van der Waals surface area contributed by atoms with Crippen LogP contribution in [0.25, 0.3) is 0 Å². The number of aryl methyl sites for hydroxylation is 1. The fraction of sp³-hybridized carbons (Fsp3) is 0.417. The molecule has 2 heterocycles. The van der Waals surface area contributed by atoms with Crippen molar-refractivity contribution in [2.75, 3.05) is 19.8 Å².